The van der Waals surface area contributed by atoms with E-state index in [1.807, 2.05) is 13.8 Å². The number of piperidine rings is 1. The molecule has 1 aliphatic heterocycles. The van der Waals surface area contributed by atoms with E-state index in [9.17, 15) is 14.0 Å². The van der Waals surface area contributed by atoms with Crippen molar-refractivity contribution in [2.75, 3.05) is 13.1 Å². The lowest BCUT2D eigenvalue weighted by atomic mass is 9.89. The van der Waals surface area contributed by atoms with Crippen molar-refractivity contribution in [3.8, 4) is 0 Å². The van der Waals surface area contributed by atoms with Crippen molar-refractivity contribution < 1.29 is 14.0 Å². The summed E-state index contributed by atoms with van der Waals surface area (Å²) in [6, 6.07) is 5.38. The molecule has 23 heavy (non-hydrogen) atoms. The molecule has 1 heterocycles. The third-order valence-electron chi connectivity index (χ3n) is 4.41. The second-order valence-electron chi connectivity index (χ2n) is 6.14. The van der Waals surface area contributed by atoms with Crippen LogP contribution in [0.3, 0.4) is 0 Å². The predicted octanol–water partition coefficient (Wildman–Crippen LogP) is 2.65. The zero-order valence-corrected chi connectivity index (χ0v) is 14.3. The van der Waals surface area contributed by atoms with Crippen molar-refractivity contribution >= 4 is 24.1 Å². The second kappa shape index (κ2) is 8.41. The van der Waals surface area contributed by atoms with Crippen LogP contribution >= 0.6 is 12.4 Å². The molecule has 0 spiro atoms. The molecule has 0 radical (unpaired) electrons. The predicted molar refractivity (Wildman–Crippen MR) is 90.1 cm³/mol. The number of benzene rings is 1. The Kier molecular flexibility index (Phi) is 7.16. The van der Waals surface area contributed by atoms with E-state index in [2.05, 4.69) is 0 Å². The number of ketones is 1. The Labute approximate surface area is 142 Å². The first-order chi connectivity index (χ1) is 10.4. The molecule has 6 heteroatoms. The molecule has 1 amide bonds. The number of carbonyl (C=O) groups is 2. The van der Waals surface area contributed by atoms with Crippen molar-refractivity contribution in [1.82, 2.24) is 4.90 Å². The minimum Gasteiger partial charge on any atom is -0.342 e. The van der Waals surface area contributed by atoms with Crippen LogP contribution in [-0.2, 0) is 4.79 Å². The van der Waals surface area contributed by atoms with Gasteiger partial charge in [0.25, 0.3) is 0 Å². The van der Waals surface area contributed by atoms with Gasteiger partial charge < -0.3 is 10.6 Å². The van der Waals surface area contributed by atoms with Crippen molar-refractivity contribution in [3.63, 3.8) is 0 Å². The lowest BCUT2D eigenvalue weighted by Gasteiger charge is -2.34. The number of halogens is 2. The quantitative estimate of drug-likeness (QED) is 0.855. The fourth-order valence-corrected chi connectivity index (χ4v) is 2.75. The molecule has 1 aromatic carbocycles. The maximum Gasteiger partial charge on any atom is 0.226 e. The zero-order chi connectivity index (χ0) is 16.3. The van der Waals surface area contributed by atoms with E-state index in [0.29, 0.717) is 18.7 Å². The number of hydrogen-bond acceptors (Lipinski definition) is 3. The van der Waals surface area contributed by atoms with Gasteiger partial charge in [0, 0.05) is 30.6 Å². The first-order valence-corrected chi connectivity index (χ1v) is 7.74. The van der Waals surface area contributed by atoms with Gasteiger partial charge in [0.1, 0.15) is 5.82 Å². The second-order valence-corrected chi connectivity index (χ2v) is 6.14. The van der Waals surface area contributed by atoms with E-state index >= 15 is 0 Å². The lowest BCUT2D eigenvalue weighted by Crippen LogP contribution is -2.47. The van der Waals surface area contributed by atoms with Crippen LogP contribution in [0.2, 0.25) is 0 Å². The van der Waals surface area contributed by atoms with Crippen LogP contribution in [0.25, 0.3) is 0 Å². The minimum atomic E-state index is -0.359. The van der Waals surface area contributed by atoms with Crippen LogP contribution in [0.4, 0.5) is 4.39 Å². The Balaban J connectivity index is 0.00000264. The van der Waals surface area contributed by atoms with Gasteiger partial charge in [-0.25, -0.2) is 4.39 Å². The Bertz CT molecular complexity index is 548. The summed E-state index contributed by atoms with van der Waals surface area (Å²) in [4.78, 5) is 26.6. The SMILES string of the molecule is CC(N)C(C)C(=O)N1CCCC(C(=O)c2ccc(F)cc2)C1.Cl. The van der Waals surface area contributed by atoms with E-state index in [1.165, 1.54) is 24.3 Å². The van der Waals surface area contributed by atoms with Crippen LogP contribution in [0.15, 0.2) is 24.3 Å². The van der Waals surface area contributed by atoms with Gasteiger partial charge in [0.05, 0.1) is 5.92 Å². The molecule has 0 saturated carbocycles. The summed E-state index contributed by atoms with van der Waals surface area (Å²) in [5.74, 6) is -0.844. The highest BCUT2D eigenvalue weighted by molar-refractivity contribution is 5.98. The van der Waals surface area contributed by atoms with Gasteiger partial charge in [-0.2, -0.15) is 0 Å². The Morgan fingerprint density at radius 2 is 1.87 bits per heavy atom. The maximum atomic E-state index is 12.9. The van der Waals surface area contributed by atoms with Gasteiger partial charge in [-0.05, 0) is 44.0 Å². The molecule has 3 atom stereocenters. The van der Waals surface area contributed by atoms with Crippen LogP contribution in [0.5, 0.6) is 0 Å². The standard InChI is InChI=1S/C17H23FN2O2.ClH/c1-11(12(2)19)17(22)20-9-3-4-14(10-20)16(21)13-5-7-15(18)8-6-13;/h5-8,11-12,14H,3-4,9-10,19H2,1-2H3;1H. The molecule has 128 valence electrons. The fourth-order valence-electron chi connectivity index (χ4n) is 2.75. The summed E-state index contributed by atoms with van der Waals surface area (Å²) in [6.45, 7) is 4.72. The van der Waals surface area contributed by atoms with Crippen LogP contribution in [0.1, 0.15) is 37.0 Å². The van der Waals surface area contributed by atoms with E-state index in [0.717, 1.165) is 12.8 Å². The molecular weight excluding hydrogens is 319 g/mol. The summed E-state index contributed by atoms with van der Waals surface area (Å²) in [5, 5.41) is 0. The Hall–Kier alpha value is -1.46. The topological polar surface area (TPSA) is 63.4 Å². The van der Waals surface area contributed by atoms with E-state index in [1.54, 1.807) is 4.90 Å². The number of nitrogens with two attached hydrogens (primary N) is 1. The van der Waals surface area contributed by atoms with Gasteiger partial charge in [-0.15, -0.1) is 12.4 Å². The number of amides is 1. The number of Topliss-reactive ketones (excluding diaryl/α,β-unsaturated/α-hetero) is 1. The highest BCUT2D eigenvalue weighted by Gasteiger charge is 2.31. The summed E-state index contributed by atoms with van der Waals surface area (Å²) in [5.41, 5.74) is 6.29. The molecule has 1 saturated heterocycles. The number of rotatable bonds is 4. The maximum absolute atomic E-state index is 12.9. The molecule has 2 rings (SSSR count). The fraction of sp³-hybridized carbons (Fsp3) is 0.529. The molecule has 1 aliphatic rings. The van der Waals surface area contributed by atoms with Crippen LogP contribution < -0.4 is 5.73 Å². The average molecular weight is 343 g/mol. The molecule has 1 aromatic rings. The lowest BCUT2D eigenvalue weighted by molar-refractivity contribution is -0.136. The van der Waals surface area contributed by atoms with E-state index in [-0.39, 0.29) is 47.8 Å². The number of likely N-dealkylation sites (tertiary alicyclic amines) is 1. The number of nitrogens with zero attached hydrogens (tertiary/aromatic N) is 1. The largest absolute Gasteiger partial charge is 0.342 e. The van der Waals surface area contributed by atoms with E-state index in [4.69, 9.17) is 5.73 Å². The van der Waals surface area contributed by atoms with Crippen molar-refractivity contribution in [1.29, 1.82) is 0 Å². The molecule has 0 aromatic heterocycles. The van der Waals surface area contributed by atoms with E-state index < -0.39 is 0 Å². The highest BCUT2D eigenvalue weighted by atomic mass is 35.5. The molecule has 4 nitrogen and oxygen atoms in total. The summed E-state index contributed by atoms with van der Waals surface area (Å²) < 4.78 is 12.9. The van der Waals surface area contributed by atoms with Crippen molar-refractivity contribution in [3.05, 3.63) is 35.6 Å². The summed E-state index contributed by atoms with van der Waals surface area (Å²) in [6.07, 6.45) is 1.56. The molecule has 0 aliphatic carbocycles. The van der Waals surface area contributed by atoms with Crippen LogP contribution in [-0.4, -0.2) is 35.7 Å². The van der Waals surface area contributed by atoms with Crippen LogP contribution in [0, 0.1) is 17.7 Å². The highest BCUT2D eigenvalue weighted by Crippen LogP contribution is 2.23. The number of carbonyl (C=O) groups excluding carboxylic acids is 2. The summed E-state index contributed by atoms with van der Waals surface area (Å²) >= 11 is 0. The first-order valence-electron chi connectivity index (χ1n) is 7.74. The average Bonchev–Trinajstić information content (AvgIpc) is 2.53. The smallest absolute Gasteiger partial charge is 0.226 e. The Morgan fingerprint density at radius 3 is 2.43 bits per heavy atom. The van der Waals surface area contributed by atoms with Crippen molar-refractivity contribution in [2.24, 2.45) is 17.6 Å². The minimum absolute atomic E-state index is 0. The third-order valence-corrected chi connectivity index (χ3v) is 4.41. The van der Waals surface area contributed by atoms with Gasteiger partial charge in [-0.1, -0.05) is 6.92 Å². The number of hydrogen-bond donors (Lipinski definition) is 1. The van der Waals surface area contributed by atoms with Gasteiger partial charge in [0.15, 0.2) is 5.78 Å². The third kappa shape index (κ3) is 4.75. The molecule has 2 N–H and O–H groups in total. The Morgan fingerprint density at radius 1 is 1.26 bits per heavy atom. The molecule has 1 fully saturated rings. The molecule has 0 bridgehead atoms. The first kappa shape index (κ1) is 19.6. The molecular formula is C17H24ClFN2O2. The normalized spacial score (nSPS) is 20.3. The van der Waals surface area contributed by atoms with Gasteiger partial charge in [-0.3, -0.25) is 9.59 Å². The monoisotopic (exact) mass is 342 g/mol. The zero-order valence-electron chi connectivity index (χ0n) is 13.5. The molecule has 3 unspecified atom stereocenters. The van der Waals surface area contributed by atoms with Gasteiger partial charge in [0.2, 0.25) is 5.91 Å². The van der Waals surface area contributed by atoms with Gasteiger partial charge >= 0.3 is 0 Å². The van der Waals surface area contributed by atoms with Crippen molar-refractivity contribution in [2.45, 2.75) is 32.7 Å². The summed E-state index contributed by atoms with van der Waals surface area (Å²) in [7, 11) is 0.